The van der Waals surface area contributed by atoms with Crippen LogP contribution in [0.3, 0.4) is 0 Å². The van der Waals surface area contributed by atoms with Gasteiger partial charge < -0.3 is 4.90 Å². The molecule has 1 amide bonds. The van der Waals surface area contributed by atoms with Gasteiger partial charge in [-0.3, -0.25) is 4.79 Å². The molecule has 0 spiro atoms. The Bertz CT molecular complexity index is 1570. The van der Waals surface area contributed by atoms with E-state index in [9.17, 15) is 23.2 Å². The average molecular weight is 800 g/mol. The number of hydrogen-bond donors (Lipinski definition) is 0. The fourth-order valence-electron chi connectivity index (χ4n) is 4.09. The van der Waals surface area contributed by atoms with Crippen molar-refractivity contribution >= 4 is 64.5 Å². The van der Waals surface area contributed by atoms with Crippen molar-refractivity contribution in [3.63, 3.8) is 0 Å². The zero-order valence-electron chi connectivity index (χ0n) is 24.4. The molecular formula is C31H30Cl4F3IN4O. The third-order valence-electron chi connectivity index (χ3n) is 6.26. The maximum atomic E-state index is 13.8. The van der Waals surface area contributed by atoms with E-state index in [4.69, 9.17) is 41.0 Å². The minimum atomic E-state index is -4.46. The predicted octanol–water partition coefficient (Wildman–Crippen LogP) is 11.2. The molecule has 0 saturated heterocycles. The molecule has 0 aliphatic rings. The minimum absolute atomic E-state index is 0.0395. The third-order valence-corrected chi connectivity index (χ3v) is 6.83. The van der Waals surface area contributed by atoms with E-state index < -0.39 is 41.3 Å². The number of aromatic nitrogens is 2. The topological polar surface area (TPSA) is 61.9 Å². The van der Waals surface area contributed by atoms with Crippen LogP contribution < -0.4 is 0 Å². The van der Waals surface area contributed by atoms with Crippen molar-refractivity contribution < 1.29 is 18.0 Å². The maximum absolute atomic E-state index is 13.8. The smallest absolute Gasteiger partial charge is 0.334 e. The number of benzene rings is 3. The van der Waals surface area contributed by atoms with E-state index in [-0.39, 0.29) is 12.1 Å². The number of halogens is 8. The van der Waals surface area contributed by atoms with E-state index >= 15 is 0 Å². The quantitative estimate of drug-likeness (QED) is 0.144. The number of carbonyl (C=O) groups excluding carboxylic acids is 1. The summed E-state index contributed by atoms with van der Waals surface area (Å²) in [4.78, 5) is 17.0. The van der Waals surface area contributed by atoms with Crippen LogP contribution in [-0.2, 0) is 12.6 Å². The van der Waals surface area contributed by atoms with Gasteiger partial charge >= 0.3 is 46.5 Å². The molecule has 0 aliphatic carbocycles. The van der Waals surface area contributed by atoms with Crippen LogP contribution in [0.5, 0.6) is 0 Å². The van der Waals surface area contributed by atoms with E-state index in [1.165, 1.54) is 28.8 Å². The molecule has 1 atom stereocenters. The van der Waals surface area contributed by atoms with Crippen LogP contribution in [0.4, 0.5) is 13.2 Å². The molecule has 44 heavy (non-hydrogen) atoms. The fourth-order valence-corrected chi connectivity index (χ4v) is 4.43. The summed E-state index contributed by atoms with van der Waals surface area (Å²) in [6.45, 7) is 5.70. The van der Waals surface area contributed by atoms with Gasteiger partial charge in [-0.2, -0.15) is 23.5 Å². The number of alkyl halides is 4. The average Bonchev–Trinajstić information content (AvgIpc) is 3.36. The van der Waals surface area contributed by atoms with E-state index in [2.05, 4.69) is 11.2 Å². The number of rotatable bonds is 6. The van der Waals surface area contributed by atoms with Crippen molar-refractivity contribution in [3.05, 3.63) is 105 Å². The molecule has 4 aromatic rings. The molecule has 13 heteroatoms. The largest absolute Gasteiger partial charge is 0.416 e. The second kappa shape index (κ2) is 17.3. The maximum Gasteiger partial charge on any atom is 0.416 e. The monoisotopic (exact) mass is 798 g/mol. The third kappa shape index (κ3) is 9.75. The van der Waals surface area contributed by atoms with Crippen molar-refractivity contribution in [1.82, 2.24) is 14.7 Å². The number of nitrogens with zero attached hydrogens (tertiary/aromatic N) is 4. The molecule has 0 unspecified atom stereocenters. The Morgan fingerprint density at radius 3 is 2.07 bits per heavy atom. The van der Waals surface area contributed by atoms with Gasteiger partial charge in [0.2, 0.25) is 0 Å². The van der Waals surface area contributed by atoms with Crippen molar-refractivity contribution in [3.8, 4) is 23.0 Å². The normalized spacial score (nSPS) is 11.7. The summed E-state index contributed by atoms with van der Waals surface area (Å²) in [6, 6.07) is 20.1. The van der Waals surface area contributed by atoms with Gasteiger partial charge in [0, 0.05) is 23.2 Å². The van der Waals surface area contributed by atoms with Gasteiger partial charge in [0.25, 0.3) is 5.91 Å². The molecule has 1 heterocycles. The first-order valence-electron chi connectivity index (χ1n) is 13.1. The zero-order valence-corrected chi connectivity index (χ0v) is 29.6. The molecule has 0 N–H and O–H groups in total. The molecule has 5 nitrogen and oxygen atoms in total. The summed E-state index contributed by atoms with van der Waals surface area (Å²) in [5.74, 6) is -0.497. The van der Waals surface area contributed by atoms with Gasteiger partial charge in [0.15, 0.2) is 5.69 Å². The summed E-state index contributed by atoms with van der Waals surface area (Å²) in [7, 11) is 11.9. The van der Waals surface area contributed by atoms with Gasteiger partial charge in [-0.05, 0) is 48.9 Å². The zero-order chi connectivity index (χ0) is 33.2. The number of para-hydroxylation sites is 1. The van der Waals surface area contributed by atoms with Crippen molar-refractivity contribution in [2.75, 3.05) is 12.0 Å². The SMILES string of the molecule is CC.CI(Cl)Cl.C[C@H](c1ccc(C(F)(F)F)cc1)N(C)C(=O)c1nn(-c2ccccc2Cl)c(-c2ccc(Cl)cc2)c1CC#N. The molecule has 1 aromatic heterocycles. The Morgan fingerprint density at radius 2 is 1.57 bits per heavy atom. The Balaban J connectivity index is 0.00000104. The van der Waals surface area contributed by atoms with Crippen molar-refractivity contribution in [1.29, 1.82) is 5.26 Å². The molecule has 0 bridgehead atoms. The Kier molecular flexibility index (Phi) is 14.8. The summed E-state index contributed by atoms with van der Waals surface area (Å²) >= 11 is 11.2. The molecule has 0 aliphatic heterocycles. The standard InChI is InChI=1S/C28H21Cl2F3N4O.C2H6.CH3Cl2I/c1-17(18-7-11-20(12-8-18)28(31,32)33)36(2)27(38)25-22(15-16-34)26(19-9-13-21(29)14-10-19)37(35-25)24-6-4-3-5-23(24)30;1-2;1-4(2)3/h3-14,17H,15H2,1-2H3;1-2H3;1H3/t17-;;/m1../s1. The van der Waals surface area contributed by atoms with Gasteiger partial charge in [0.1, 0.15) is 0 Å². The van der Waals surface area contributed by atoms with Crippen LogP contribution in [0, 0.1) is 11.3 Å². The molecule has 0 saturated carbocycles. The van der Waals surface area contributed by atoms with E-state index in [0.29, 0.717) is 38.1 Å². The van der Waals surface area contributed by atoms with Crippen molar-refractivity contribution in [2.45, 2.75) is 39.4 Å². The van der Waals surface area contributed by atoms with E-state index in [1.54, 1.807) is 55.5 Å². The van der Waals surface area contributed by atoms with E-state index in [1.807, 2.05) is 18.8 Å². The molecule has 0 fully saturated rings. The van der Waals surface area contributed by atoms with Crippen LogP contribution in [0.15, 0.2) is 72.8 Å². The number of hydrogen-bond acceptors (Lipinski definition) is 3. The molecule has 236 valence electrons. The van der Waals surface area contributed by atoms with Gasteiger partial charge in [-0.15, -0.1) is 0 Å². The second-order valence-electron chi connectivity index (χ2n) is 8.93. The van der Waals surface area contributed by atoms with Gasteiger partial charge in [-0.25, -0.2) is 4.68 Å². The first kappa shape index (κ1) is 37.7. The fraction of sp³-hybridized carbons (Fsp3) is 0.258. The summed E-state index contributed by atoms with van der Waals surface area (Å²) in [5, 5.41) is 15.2. The van der Waals surface area contributed by atoms with Crippen LogP contribution in [0.1, 0.15) is 54.0 Å². The molecule has 0 radical (unpaired) electrons. The number of nitriles is 1. The number of carbonyl (C=O) groups is 1. The van der Waals surface area contributed by atoms with Crippen LogP contribution in [0.2, 0.25) is 10.0 Å². The first-order chi connectivity index (χ1) is 20.8. The van der Waals surface area contributed by atoms with Gasteiger partial charge in [-0.1, -0.05) is 73.4 Å². The van der Waals surface area contributed by atoms with Gasteiger partial charge in [0.05, 0.1) is 40.5 Å². The Hall–Kier alpha value is -2.49. The number of amides is 1. The molecule has 3 aromatic carbocycles. The molecule has 4 rings (SSSR count). The Morgan fingerprint density at radius 1 is 1.02 bits per heavy atom. The molecular weight excluding hydrogens is 770 g/mol. The van der Waals surface area contributed by atoms with Crippen LogP contribution >= 0.6 is 58.6 Å². The minimum Gasteiger partial charge on any atom is -0.334 e. The van der Waals surface area contributed by atoms with E-state index in [0.717, 1.165) is 12.1 Å². The summed E-state index contributed by atoms with van der Waals surface area (Å²) < 4.78 is 40.5. The van der Waals surface area contributed by atoms with Crippen molar-refractivity contribution in [2.24, 2.45) is 0 Å². The first-order valence-corrected chi connectivity index (χ1v) is 21.5. The Labute approximate surface area is 280 Å². The predicted molar refractivity (Wildman–Crippen MR) is 183 cm³/mol. The van der Waals surface area contributed by atoms with Crippen LogP contribution in [-0.4, -0.2) is 32.6 Å². The summed E-state index contributed by atoms with van der Waals surface area (Å²) in [5.41, 5.74) is 1.86. The van der Waals surface area contributed by atoms with Crippen LogP contribution in [0.25, 0.3) is 16.9 Å². The summed E-state index contributed by atoms with van der Waals surface area (Å²) in [6.07, 6.45) is -4.58. The second-order valence-corrected chi connectivity index (χ2v) is 18.4.